The Morgan fingerprint density at radius 2 is 1.48 bits per heavy atom. The zero-order valence-corrected chi connectivity index (χ0v) is 23.9. The van der Waals surface area contributed by atoms with Gasteiger partial charge in [-0.3, -0.25) is 4.90 Å². The van der Waals surface area contributed by atoms with Gasteiger partial charge in [0.25, 0.3) is 0 Å². The molecule has 3 fully saturated rings. The molecule has 204 valence electrons. The van der Waals surface area contributed by atoms with E-state index in [9.17, 15) is 0 Å². The number of fused-ring (bicyclic) bond motifs is 4. The van der Waals surface area contributed by atoms with Crippen LogP contribution in [0.2, 0.25) is 0 Å². The van der Waals surface area contributed by atoms with E-state index in [1.807, 2.05) is 11.8 Å². The summed E-state index contributed by atoms with van der Waals surface area (Å²) in [5, 5.41) is 4.14. The van der Waals surface area contributed by atoms with Crippen LogP contribution in [0.25, 0.3) is 0 Å². The van der Waals surface area contributed by atoms with Crippen LogP contribution in [0.3, 0.4) is 0 Å². The first-order valence-electron chi connectivity index (χ1n) is 14.9. The second kappa shape index (κ2) is 11.8. The molecule has 3 nitrogen and oxygen atoms in total. The fraction of sp³-hybridized carbons (Fsp3) is 0.333. The molecule has 0 aromatic heterocycles. The van der Waals surface area contributed by atoms with Crippen molar-refractivity contribution in [2.45, 2.75) is 54.5 Å². The van der Waals surface area contributed by atoms with E-state index in [0.29, 0.717) is 23.9 Å². The van der Waals surface area contributed by atoms with Crippen molar-refractivity contribution in [2.24, 2.45) is 5.92 Å². The minimum atomic E-state index is 0.345. The molecule has 8 rings (SSSR count). The third kappa shape index (κ3) is 5.33. The Morgan fingerprint density at radius 3 is 2.15 bits per heavy atom. The lowest BCUT2D eigenvalue weighted by Gasteiger charge is -2.54. The van der Waals surface area contributed by atoms with Crippen LogP contribution in [0.5, 0.6) is 5.75 Å². The summed E-state index contributed by atoms with van der Waals surface area (Å²) >= 11 is 1.94. The van der Waals surface area contributed by atoms with Gasteiger partial charge in [0.05, 0.1) is 6.61 Å². The van der Waals surface area contributed by atoms with Crippen molar-refractivity contribution in [3.63, 3.8) is 0 Å². The minimum Gasteiger partial charge on any atom is -0.493 e. The van der Waals surface area contributed by atoms with Crippen molar-refractivity contribution in [1.82, 2.24) is 10.2 Å². The second-order valence-electron chi connectivity index (χ2n) is 11.5. The zero-order chi connectivity index (χ0) is 26.7. The SMILES string of the molecule is c1ccc(CSc2cc3c(c(CNC4C5CCN(CC5)C4C(c4ccccc4)c4ccccc4)c2)OCC3)cc1. The molecule has 2 atom stereocenters. The number of hydrogen-bond acceptors (Lipinski definition) is 4. The molecule has 4 aliphatic rings. The van der Waals surface area contributed by atoms with Gasteiger partial charge in [-0.1, -0.05) is 91.0 Å². The van der Waals surface area contributed by atoms with Crippen LogP contribution in [0.4, 0.5) is 0 Å². The molecule has 0 saturated carbocycles. The Bertz CT molecular complexity index is 1360. The lowest BCUT2D eigenvalue weighted by molar-refractivity contribution is 0.00461. The topological polar surface area (TPSA) is 24.5 Å². The van der Waals surface area contributed by atoms with E-state index in [2.05, 4.69) is 113 Å². The van der Waals surface area contributed by atoms with Gasteiger partial charge in [0, 0.05) is 47.2 Å². The zero-order valence-electron chi connectivity index (χ0n) is 23.0. The van der Waals surface area contributed by atoms with E-state index in [0.717, 1.165) is 31.1 Å². The number of ether oxygens (including phenoxy) is 1. The first kappa shape index (κ1) is 25.9. The van der Waals surface area contributed by atoms with Gasteiger partial charge in [0.2, 0.25) is 0 Å². The number of hydrogen-bond donors (Lipinski definition) is 1. The van der Waals surface area contributed by atoms with Gasteiger partial charge in [-0.25, -0.2) is 0 Å². The lowest BCUT2D eigenvalue weighted by Crippen LogP contribution is -2.64. The molecule has 0 spiro atoms. The van der Waals surface area contributed by atoms with Crippen LogP contribution in [0, 0.1) is 5.92 Å². The molecule has 0 aliphatic carbocycles. The predicted molar refractivity (Wildman–Crippen MR) is 165 cm³/mol. The third-order valence-electron chi connectivity index (χ3n) is 9.14. The molecule has 4 heterocycles. The molecule has 0 amide bonds. The monoisotopic (exact) mass is 546 g/mol. The molecular weight excluding hydrogens is 508 g/mol. The Balaban J connectivity index is 1.17. The molecule has 1 N–H and O–H groups in total. The minimum absolute atomic E-state index is 0.345. The highest BCUT2D eigenvalue weighted by Gasteiger charge is 2.46. The molecule has 4 heteroatoms. The summed E-state index contributed by atoms with van der Waals surface area (Å²) in [6, 6.07) is 38.8. The van der Waals surface area contributed by atoms with E-state index in [1.54, 1.807) is 0 Å². The average molecular weight is 547 g/mol. The average Bonchev–Trinajstić information content (AvgIpc) is 3.51. The number of benzene rings is 4. The van der Waals surface area contributed by atoms with Gasteiger partial charge in [0.1, 0.15) is 5.75 Å². The molecule has 3 saturated heterocycles. The summed E-state index contributed by atoms with van der Waals surface area (Å²) in [6.07, 6.45) is 3.58. The number of thioether (sulfide) groups is 1. The molecule has 2 unspecified atom stereocenters. The molecule has 4 aromatic rings. The van der Waals surface area contributed by atoms with Crippen molar-refractivity contribution in [1.29, 1.82) is 0 Å². The fourth-order valence-corrected chi connectivity index (χ4v) is 8.21. The van der Waals surface area contributed by atoms with Gasteiger partial charge in [-0.2, -0.15) is 0 Å². The van der Waals surface area contributed by atoms with Gasteiger partial charge >= 0.3 is 0 Å². The number of rotatable bonds is 9. The normalized spacial score (nSPS) is 23.2. The summed E-state index contributed by atoms with van der Waals surface area (Å²) in [4.78, 5) is 4.12. The van der Waals surface area contributed by atoms with Crippen LogP contribution in [-0.4, -0.2) is 36.7 Å². The van der Waals surface area contributed by atoms with E-state index in [-0.39, 0.29) is 0 Å². The van der Waals surface area contributed by atoms with Crippen LogP contribution >= 0.6 is 11.8 Å². The van der Waals surface area contributed by atoms with E-state index in [1.165, 1.54) is 58.6 Å². The van der Waals surface area contributed by atoms with Crippen molar-refractivity contribution in [3.8, 4) is 5.75 Å². The van der Waals surface area contributed by atoms with E-state index in [4.69, 9.17) is 4.74 Å². The lowest BCUT2D eigenvalue weighted by atomic mass is 9.70. The summed E-state index contributed by atoms with van der Waals surface area (Å²) in [7, 11) is 0. The summed E-state index contributed by atoms with van der Waals surface area (Å²) < 4.78 is 6.20. The van der Waals surface area contributed by atoms with Crippen LogP contribution in [0.15, 0.2) is 108 Å². The Morgan fingerprint density at radius 1 is 0.825 bits per heavy atom. The molecule has 0 radical (unpaired) electrons. The van der Waals surface area contributed by atoms with Crippen molar-refractivity contribution < 1.29 is 4.74 Å². The Labute approximate surface area is 243 Å². The molecular formula is C36H38N2OS. The first-order chi connectivity index (χ1) is 19.8. The maximum absolute atomic E-state index is 6.20. The Kier molecular flexibility index (Phi) is 7.65. The number of piperidine rings is 3. The standard InChI is InChI=1S/C36H38N2OS/c1-4-10-26(11-5-1)25-40-32-22-30-18-21-39-36(30)31(23-32)24-37-34-29-16-19-38(20-17-29)35(34)33(27-12-6-2-7-13-27)28-14-8-3-9-15-28/h1-15,22-23,29,33-35,37H,16-21,24-25H2. The van der Waals surface area contributed by atoms with Crippen LogP contribution in [-0.2, 0) is 18.7 Å². The maximum atomic E-state index is 6.20. The molecule has 2 bridgehead atoms. The van der Waals surface area contributed by atoms with Gasteiger partial charge in [0.15, 0.2) is 0 Å². The van der Waals surface area contributed by atoms with Crippen LogP contribution in [0.1, 0.15) is 46.6 Å². The van der Waals surface area contributed by atoms with Crippen LogP contribution < -0.4 is 10.1 Å². The quantitative estimate of drug-likeness (QED) is 0.223. The fourth-order valence-electron chi connectivity index (χ4n) is 7.24. The van der Waals surface area contributed by atoms with Gasteiger partial charge in [-0.15, -0.1) is 11.8 Å². The van der Waals surface area contributed by atoms with E-state index < -0.39 is 0 Å². The highest BCUT2D eigenvalue weighted by atomic mass is 32.2. The largest absolute Gasteiger partial charge is 0.493 e. The van der Waals surface area contributed by atoms with Crippen molar-refractivity contribution in [2.75, 3.05) is 19.7 Å². The second-order valence-corrected chi connectivity index (χ2v) is 12.6. The molecule has 4 aliphatic heterocycles. The number of nitrogens with zero attached hydrogens (tertiary/aromatic N) is 1. The highest BCUT2D eigenvalue weighted by Crippen LogP contribution is 2.43. The molecule has 4 aromatic carbocycles. The first-order valence-corrected chi connectivity index (χ1v) is 15.8. The summed E-state index contributed by atoms with van der Waals surface area (Å²) in [5.41, 5.74) is 6.89. The summed E-state index contributed by atoms with van der Waals surface area (Å²) in [6.45, 7) is 4.05. The highest BCUT2D eigenvalue weighted by molar-refractivity contribution is 7.98. The molecule has 40 heavy (non-hydrogen) atoms. The Hall–Kier alpha value is -3.05. The maximum Gasteiger partial charge on any atom is 0.127 e. The van der Waals surface area contributed by atoms with E-state index >= 15 is 0 Å². The van der Waals surface area contributed by atoms with Crippen molar-refractivity contribution >= 4 is 11.8 Å². The van der Waals surface area contributed by atoms with Crippen molar-refractivity contribution in [3.05, 3.63) is 131 Å². The van der Waals surface area contributed by atoms with Gasteiger partial charge in [-0.05, 0) is 66.2 Å². The number of nitrogens with one attached hydrogen (secondary N) is 1. The van der Waals surface area contributed by atoms with Gasteiger partial charge < -0.3 is 10.1 Å². The summed E-state index contributed by atoms with van der Waals surface area (Å²) in [5.74, 6) is 3.16. The predicted octanol–water partition coefficient (Wildman–Crippen LogP) is 7.30. The smallest absolute Gasteiger partial charge is 0.127 e. The third-order valence-corrected chi connectivity index (χ3v) is 10.2.